The number of ether oxygens (including phenoxy) is 1. The van der Waals surface area contributed by atoms with Crippen molar-refractivity contribution in [2.45, 2.75) is 0 Å². The van der Waals surface area contributed by atoms with Gasteiger partial charge in [-0.2, -0.15) is 5.10 Å². The Morgan fingerprint density at radius 2 is 2.38 bits per heavy atom. The molecule has 0 bridgehead atoms. The maximum atomic E-state index is 11.2. The van der Waals surface area contributed by atoms with Gasteiger partial charge in [0, 0.05) is 10.4 Å². The monoisotopic (exact) mass is 236 g/mol. The van der Waals surface area contributed by atoms with E-state index >= 15 is 0 Å². The zero-order chi connectivity index (χ0) is 11.5. The summed E-state index contributed by atoms with van der Waals surface area (Å²) in [5.41, 5.74) is 0.564. The van der Waals surface area contributed by atoms with Crippen molar-refractivity contribution >= 4 is 17.3 Å². The van der Waals surface area contributed by atoms with Gasteiger partial charge >= 0.3 is 5.97 Å². The first-order valence-electron chi connectivity index (χ1n) is 4.41. The third-order valence-corrected chi connectivity index (χ3v) is 2.92. The Balaban J connectivity index is 2.65. The summed E-state index contributed by atoms with van der Waals surface area (Å²) in [6.45, 7) is 0. The van der Waals surface area contributed by atoms with E-state index < -0.39 is 5.97 Å². The van der Waals surface area contributed by atoms with E-state index in [-0.39, 0.29) is 11.4 Å². The van der Waals surface area contributed by atoms with E-state index in [0.29, 0.717) is 5.56 Å². The summed E-state index contributed by atoms with van der Waals surface area (Å²) in [7, 11) is 1.37. The van der Waals surface area contributed by atoms with Crippen LogP contribution in [0.4, 0.5) is 0 Å². The molecule has 0 radical (unpaired) electrons. The van der Waals surface area contributed by atoms with Gasteiger partial charge in [0.25, 0.3) is 0 Å². The predicted molar refractivity (Wildman–Crippen MR) is 58.9 cm³/mol. The Morgan fingerprint density at radius 1 is 1.56 bits per heavy atom. The first-order chi connectivity index (χ1) is 7.74. The maximum absolute atomic E-state index is 11.2. The number of aromatic nitrogens is 2. The van der Waals surface area contributed by atoms with Gasteiger partial charge in [0.05, 0.1) is 13.3 Å². The van der Waals surface area contributed by atoms with Gasteiger partial charge in [-0.3, -0.25) is 0 Å². The molecular weight excluding hydrogens is 228 g/mol. The highest BCUT2D eigenvalue weighted by atomic mass is 32.1. The van der Waals surface area contributed by atoms with E-state index in [1.165, 1.54) is 24.6 Å². The van der Waals surface area contributed by atoms with Gasteiger partial charge in [-0.15, -0.1) is 16.4 Å². The van der Waals surface area contributed by atoms with E-state index in [1.54, 1.807) is 0 Å². The summed E-state index contributed by atoms with van der Waals surface area (Å²) in [5, 5.41) is 18.4. The number of carboxylic acids is 1. The number of hydrogen-bond acceptors (Lipinski definition) is 5. The second-order valence-electron chi connectivity index (χ2n) is 2.92. The largest absolute Gasteiger partial charge is 0.479 e. The van der Waals surface area contributed by atoms with Crippen LogP contribution in [0.1, 0.15) is 10.4 Å². The van der Waals surface area contributed by atoms with Gasteiger partial charge in [0.15, 0.2) is 0 Å². The van der Waals surface area contributed by atoms with Crippen LogP contribution in [0, 0.1) is 0 Å². The number of aromatic carboxylic acids is 1. The zero-order valence-electron chi connectivity index (χ0n) is 8.38. The fourth-order valence-corrected chi connectivity index (χ4v) is 2.08. The van der Waals surface area contributed by atoms with E-state index in [1.807, 2.05) is 17.5 Å². The fourth-order valence-electron chi connectivity index (χ4n) is 1.34. The average molecular weight is 236 g/mol. The quantitative estimate of drug-likeness (QED) is 0.881. The SMILES string of the molecule is COc1nncc(-c2cccs2)c1C(=O)O. The van der Waals surface area contributed by atoms with Crippen LogP contribution in [0.15, 0.2) is 23.7 Å². The Morgan fingerprint density at radius 3 is 2.94 bits per heavy atom. The minimum atomic E-state index is -1.07. The summed E-state index contributed by atoms with van der Waals surface area (Å²) in [6, 6.07) is 3.67. The van der Waals surface area contributed by atoms with Crippen LogP contribution in [-0.2, 0) is 0 Å². The van der Waals surface area contributed by atoms with Crippen molar-refractivity contribution in [1.29, 1.82) is 0 Å². The van der Waals surface area contributed by atoms with Gasteiger partial charge in [-0.05, 0) is 11.4 Å². The molecule has 0 unspecified atom stereocenters. The van der Waals surface area contributed by atoms with Gasteiger partial charge in [-0.25, -0.2) is 4.79 Å². The number of carbonyl (C=O) groups is 1. The highest BCUT2D eigenvalue weighted by molar-refractivity contribution is 7.13. The van der Waals surface area contributed by atoms with Crippen molar-refractivity contribution in [2.75, 3.05) is 7.11 Å². The minimum absolute atomic E-state index is 0.0263. The molecule has 0 spiro atoms. The minimum Gasteiger partial charge on any atom is -0.479 e. The maximum Gasteiger partial charge on any atom is 0.342 e. The number of hydrogen-bond donors (Lipinski definition) is 1. The van der Waals surface area contributed by atoms with Crippen molar-refractivity contribution in [3.8, 4) is 16.3 Å². The molecule has 5 nitrogen and oxygen atoms in total. The van der Waals surface area contributed by atoms with Gasteiger partial charge < -0.3 is 9.84 Å². The second-order valence-corrected chi connectivity index (χ2v) is 3.87. The molecule has 0 saturated heterocycles. The predicted octanol–water partition coefficient (Wildman–Crippen LogP) is 1.91. The van der Waals surface area contributed by atoms with Gasteiger partial charge in [-0.1, -0.05) is 6.07 Å². The molecule has 0 saturated carbocycles. The molecule has 0 fully saturated rings. The average Bonchev–Trinajstić information content (AvgIpc) is 2.81. The highest BCUT2D eigenvalue weighted by Crippen LogP contribution is 2.30. The van der Waals surface area contributed by atoms with Crippen LogP contribution in [0.25, 0.3) is 10.4 Å². The van der Waals surface area contributed by atoms with Crippen LogP contribution in [0.2, 0.25) is 0 Å². The molecule has 6 heteroatoms. The van der Waals surface area contributed by atoms with E-state index in [0.717, 1.165) is 4.88 Å². The van der Waals surface area contributed by atoms with E-state index in [2.05, 4.69) is 10.2 Å². The fraction of sp³-hybridized carbons (Fsp3) is 0.100. The molecule has 0 aliphatic rings. The smallest absolute Gasteiger partial charge is 0.342 e. The Labute approximate surface area is 95.3 Å². The zero-order valence-corrected chi connectivity index (χ0v) is 9.19. The number of methoxy groups -OCH3 is 1. The Hall–Kier alpha value is -1.95. The molecule has 0 atom stereocenters. The van der Waals surface area contributed by atoms with E-state index in [4.69, 9.17) is 9.84 Å². The van der Waals surface area contributed by atoms with Crippen LogP contribution < -0.4 is 4.74 Å². The van der Waals surface area contributed by atoms with Crippen LogP contribution in [-0.4, -0.2) is 28.4 Å². The lowest BCUT2D eigenvalue weighted by atomic mass is 10.1. The van der Waals surface area contributed by atoms with Crippen molar-refractivity contribution in [3.05, 3.63) is 29.3 Å². The number of carboxylic acid groups (broad SMARTS) is 1. The molecular formula is C10H8N2O3S. The topological polar surface area (TPSA) is 72.3 Å². The summed E-state index contributed by atoms with van der Waals surface area (Å²) in [4.78, 5) is 12.0. The summed E-state index contributed by atoms with van der Waals surface area (Å²) >= 11 is 1.44. The second kappa shape index (κ2) is 4.28. The van der Waals surface area contributed by atoms with Crippen molar-refractivity contribution < 1.29 is 14.6 Å². The van der Waals surface area contributed by atoms with Gasteiger partial charge in [0.1, 0.15) is 5.56 Å². The molecule has 2 aromatic rings. The molecule has 0 aliphatic carbocycles. The molecule has 0 aliphatic heterocycles. The molecule has 0 amide bonds. The number of thiophene rings is 1. The van der Waals surface area contributed by atoms with Crippen LogP contribution in [0.5, 0.6) is 5.88 Å². The van der Waals surface area contributed by atoms with E-state index in [9.17, 15) is 4.79 Å². The molecule has 2 aromatic heterocycles. The molecule has 2 rings (SSSR count). The van der Waals surface area contributed by atoms with Crippen molar-refractivity contribution in [3.63, 3.8) is 0 Å². The third-order valence-electron chi connectivity index (χ3n) is 2.01. The lowest BCUT2D eigenvalue weighted by Gasteiger charge is -2.06. The molecule has 82 valence electrons. The highest BCUT2D eigenvalue weighted by Gasteiger charge is 2.19. The lowest BCUT2D eigenvalue weighted by molar-refractivity contribution is 0.0693. The lowest BCUT2D eigenvalue weighted by Crippen LogP contribution is -2.05. The molecule has 16 heavy (non-hydrogen) atoms. The number of rotatable bonds is 3. The summed E-state index contributed by atoms with van der Waals surface area (Å²) in [5.74, 6) is -1.05. The molecule has 2 heterocycles. The van der Waals surface area contributed by atoms with Gasteiger partial charge in [0.2, 0.25) is 5.88 Å². The Kier molecular flexibility index (Phi) is 2.82. The van der Waals surface area contributed by atoms with Crippen molar-refractivity contribution in [2.24, 2.45) is 0 Å². The first-order valence-corrected chi connectivity index (χ1v) is 5.29. The number of nitrogens with zero attached hydrogens (tertiary/aromatic N) is 2. The van der Waals surface area contributed by atoms with Crippen molar-refractivity contribution in [1.82, 2.24) is 10.2 Å². The van der Waals surface area contributed by atoms with Crippen LogP contribution in [0.3, 0.4) is 0 Å². The van der Waals surface area contributed by atoms with Crippen LogP contribution >= 0.6 is 11.3 Å². The summed E-state index contributed by atoms with van der Waals surface area (Å²) in [6.07, 6.45) is 1.43. The Bertz CT molecular complexity index is 511. The molecule has 0 aromatic carbocycles. The summed E-state index contributed by atoms with van der Waals surface area (Å²) < 4.78 is 4.90. The third kappa shape index (κ3) is 1.74. The normalized spacial score (nSPS) is 10.1. The first kappa shape index (κ1) is 10.6. The molecule has 1 N–H and O–H groups in total. The standard InChI is InChI=1S/C10H8N2O3S/c1-15-9-8(10(13)14)6(5-11-12-9)7-3-2-4-16-7/h2-5H,1H3,(H,13,14).